The molecule has 1 aromatic carbocycles. The maximum absolute atomic E-state index is 12.9. The van der Waals surface area contributed by atoms with Crippen molar-refractivity contribution in [3.8, 4) is 5.75 Å². The summed E-state index contributed by atoms with van der Waals surface area (Å²) in [6.45, 7) is 0.588. The first-order valence-corrected chi connectivity index (χ1v) is 11.5. The maximum atomic E-state index is 12.9. The van der Waals surface area contributed by atoms with Gasteiger partial charge in [0.25, 0.3) is 0 Å². The van der Waals surface area contributed by atoms with Crippen molar-refractivity contribution in [2.75, 3.05) is 6.61 Å². The van der Waals surface area contributed by atoms with Crippen molar-refractivity contribution in [3.05, 3.63) is 35.9 Å². The molecule has 2 saturated carbocycles. The Morgan fingerprint density at radius 1 is 0.839 bits per heavy atom. The molecule has 3 rings (SSSR count). The molecule has 0 N–H and O–H groups in total. The average molecular weight is 445 g/mol. The Morgan fingerprint density at radius 2 is 1.39 bits per heavy atom. The first-order valence-electron chi connectivity index (χ1n) is 11.5. The number of alkyl halides is 5. The number of ether oxygens (including phenoxy) is 1. The molecule has 0 heterocycles. The number of allylic oxidation sites excluding steroid dienone is 1. The molecular formula is C25H33F5O. The van der Waals surface area contributed by atoms with E-state index in [1.165, 1.54) is 69.9 Å². The molecule has 174 valence electrons. The van der Waals surface area contributed by atoms with Gasteiger partial charge in [0, 0.05) is 0 Å². The summed E-state index contributed by atoms with van der Waals surface area (Å²) in [5.74, 6) is -1.60. The molecule has 0 bridgehead atoms. The zero-order chi connectivity index (χ0) is 22.5. The number of hydrogen-bond acceptors (Lipinski definition) is 1. The van der Waals surface area contributed by atoms with Crippen LogP contribution in [0.1, 0.15) is 70.3 Å². The molecule has 2 aliphatic carbocycles. The number of rotatable bonds is 7. The summed E-state index contributed by atoms with van der Waals surface area (Å²) in [4.78, 5) is 0. The minimum absolute atomic E-state index is 0.000577. The molecule has 0 spiro atoms. The van der Waals surface area contributed by atoms with Gasteiger partial charge in [0.1, 0.15) is 5.75 Å². The van der Waals surface area contributed by atoms with Gasteiger partial charge in [-0.2, -0.15) is 22.0 Å². The molecule has 1 nitrogen and oxygen atoms in total. The van der Waals surface area contributed by atoms with Crippen LogP contribution in [0.25, 0.3) is 6.08 Å². The van der Waals surface area contributed by atoms with E-state index in [9.17, 15) is 22.0 Å². The normalized spacial score (nSPS) is 28.1. The standard InChI is InChI=1S/C25H33F5O/c1-2-18-5-11-21(12-6-18)22-13-7-19(8-14-22)3-4-20-9-15-23(16-10-20)31-17-24(26,27)25(28,29)30/h3-4,9-10,15-16,18-19,21-22H,2,5-8,11-14,17H2,1H3/t18-,19-,21-,22-. The molecule has 6 heteroatoms. The van der Waals surface area contributed by atoms with E-state index < -0.39 is 18.7 Å². The molecule has 0 atom stereocenters. The van der Waals surface area contributed by atoms with Crippen LogP contribution >= 0.6 is 0 Å². The highest BCUT2D eigenvalue weighted by Crippen LogP contribution is 2.42. The fourth-order valence-electron chi connectivity index (χ4n) is 5.05. The third kappa shape index (κ3) is 6.69. The van der Waals surface area contributed by atoms with E-state index in [-0.39, 0.29) is 5.75 Å². The highest BCUT2D eigenvalue weighted by atomic mass is 19.4. The summed E-state index contributed by atoms with van der Waals surface area (Å²) in [6, 6.07) is 6.20. The van der Waals surface area contributed by atoms with Crippen LogP contribution in [0.3, 0.4) is 0 Å². The van der Waals surface area contributed by atoms with Gasteiger partial charge < -0.3 is 4.74 Å². The SMILES string of the molecule is CC[C@H]1CC[C@H]([C@H]2CC[C@H](C=Cc3ccc(OCC(F)(F)C(F)(F)F)cc3)CC2)CC1. The third-order valence-corrected chi connectivity index (χ3v) is 7.23. The van der Waals surface area contributed by atoms with Crippen molar-refractivity contribution in [2.45, 2.75) is 76.8 Å². The van der Waals surface area contributed by atoms with Crippen molar-refractivity contribution in [1.82, 2.24) is 0 Å². The van der Waals surface area contributed by atoms with Crippen LogP contribution in [-0.2, 0) is 0 Å². The quantitative estimate of drug-likeness (QED) is 0.384. The maximum Gasteiger partial charge on any atom is 0.456 e. The molecule has 0 amide bonds. The van der Waals surface area contributed by atoms with Crippen molar-refractivity contribution < 1.29 is 26.7 Å². The van der Waals surface area contributed by atoms with Gasteiger partial charge in [0.05, 0.1) is 0 Å². The lowest BCUT2D eigenvalue weighted by Crippen LogP contribution is -2.41. The smallest absolute Gasteiger partial charge is 0.456 e. The lowest BCUT2D eigenvalue weighted by molar-refractivity contribution is -0.290. The Morgan fingerprint density at radius 3 is 1.90 bits per heavy atom. The van der Waals surface area contributed by atoms with Crippen LogP contribution in [0, 0.1) is 23.7 Å². The van der Waals surface area contributed by atoms with E-state index in [1.807, 2.05) is 6.08 Å². The Labute approximate surface area is 182 Å². The molecule has 0 unspecified atom stereocenters. The van der Waals surface area contributed by atoms with Gasteiger partial charge in [0.2, 0.25) is 0 Å². The molecule has 1 aromatic rings. The molecule has 0 aromatic heterocycles. The van der Waals surface area contributed by atoms with Gasteiger partial charge in [-0.1, -0.05) is 50.5 Å². The minimum atomic E-state index is -5.61. The average Bonchev–Trinajstić information content (AvgIpc) is 2.77. The number of benzene rings is 1. The lowest BCUT2D eigenvalue weighted by Gasteiger charge is -2.37. The minimum Gasteiger partial charge on any atom is -0.487 e. The van der Waals surface area contributed by atoms with Gasteiger partial charge in [-0.25, -0.2) is 0 Å². The second-order valence-corrected chi connectivity index (χ2v) is 9.28. The van der Waals surface area contributed by atoms with Gasteiger partial charge in [-0.05, 0) is 79.9 Å². The van der Waals surface area contributed by atoms with E-state index in [0.29, 0.717) is 5.92 Å². The van der Waals surface area contributed by atoms with E-state index in [0.717, 1.165) is 23.3 Å². The molecule has 2 fully saturated rings. The largest absolute Gasteiger partial charge is 0.487 e. The van der Waals surface area contributed by atoms with E-state index in [2.05, 4.69) is 17.7 Å². The van der Waals surface area contributed by atoms with Gasteiger partial charge in [-0.15, -0.1) is 0 Å². The molecule has 0 aliphatic heterocycles. The Bertz CT molecular complexity index is 694. The summed E-state index contributed by atoms with van der Waals surface area (Å²) in [5, 5.41) is 0. The molecule has 31 heavy (non-hydrogen) atoms. The van der Waals surface area contributed by atoms with E-state index >= 15 is 0 Å². The second kappa shape index (κ2) is 10.4. The van der Waals surface area contributed by atoms with Crippen LogP contribution in [0.4, 0.5) is 22.0 Å². The van der Waals surface area contributed by atoms with Crippen LogP contribution in [0.5, 0.6) is 5.75 Å². The third-order valence-electron chi connectivity index (χ3n) is 7.23. The predicted octanol–water partition coefficient (Wildman–Crippen LogP) is 8.30. The summed E-state index contributed by atoms with van der Waals surface area (Å²) in [5.41, 5.74) is 0.884. The second-order valence-electron chi connectivity index (χ2n) is 9.28. The van der Waals surface area contributed by atoms with E-state index in [1.54, 1.807) is 12.1 Å². The first kappa shape index (κ1) is 24.1. The Hall–Kier alpha value is -1.59. The van der Waals surface area contributed by atoms with Crippen molar-refractivity contribution >= 4 is 6.08 Å². The molecule has 0 radical (unpaired) electrons. The Balaban J connectivity index is 1.42. The lowest BCUT2D eigenvalue weighted by atomic mass is 9.69. The number of hydrogen-bond donors (Lipinski definition) is 0. The topological polar surface area (TPSA) is 9.23 Å². The van der Waals surface area contributed by atoms with Crippen molar-refractivity contribution in [1.29, 1.82) is 0 Å². The molecular weight excluding hydrogens is 411 g/mol. The van der Waals surface area contributed by atoms with E-state index in [4.69, 9.17) is 0 Å². The fraction of sp³-hybridized carbons (Fsp3) is 0.680. The monoisotopic (exact) mass is 444 g/mol. The molecule has 0 saturated heterocycles. The summed E-state index contributed by atoms with van der Waals surface area (Å²) < 4.78 is 67.1. The van der Waals surface area contributed by atoms with Crippen LogP contribution < -0.4 is 4.74 Å². The molecule has 2 aliphatic rings. The zero-order valence-corrected chi connectivity index (χ0v) is 18.1. The summed E-state index contributed by atoms with van der Waals surface area (Å²) >= 11 is 0. The highest BCUT2D eigenvalue weighted by Gasteiger charge is 2.58. The Kier molecular flexibility index (Phi) is 8.03. The van der Waals surface area contributed by atoms with Gasteiger partial charge in [-0.3, -0.25) is 0 Å². The highest BCUT2D eigenvalue weighted by molar-refractivity contribution is 5.50. The predicted molar refractivity (Wildman–Crippen MR) is 113 cm³/mol. The summed E-state index contributed by atoms with van der Waals surface area (Å²) in [6.07, 6.45) is 10.5. The van der Waals surface area contributed by atoms with Gasteiger partial charge >= 0.3 is 12.1 Å². The van der Waals surface area contributed by atoms with Crippen LogP contribution in [-0.4, -0.2) is 18.7 Å². The van der Waals surface area contributed by atoms with Crippen LogP contribution in [0.2, 0.25) is 0 Å². The van der Waals surface area contributed by atoms with Crippen LogP contribution in [0.15, 0.2) is 30.3 Å². The summed E-state index contributed by atoms with van der Waals surface area (Å²) in [7, 11) is 0. The van der Waals surface area contributed by atoms with Crippen molar-refractivity contribution in [3.63, 3.8) is 0 Å². The fourth-order valence-corrected chi connectivity index (χ4v) is 5.05. The first-order chi connectivity index (χ1) is 14.7. The van der Waals surface area contributed by atoms with Gasteiger partial charge in [0.15, 0.2) is 6.61 Å². The zero-order valence-electron chi connectivity index (χ0n) is 18.1. The number of halogens is 5. The van der Waals surface area contributed by atoms with Crippen molar-refractivity contribution in [2.24, 2.45) is 23.7 Å².